The third-order valence-electron chi connectivity index (χ3n) is 1.60. The minimum Gasteiger partial charge on any atom is -0.384 e. The Balaban J connectivity index is 3.16. The van der Waals surface area contributed by atoms with Crippen LogP contribution in [0.2, 0.25) is 0 Å². The molecule has 7 heteroatoms. The van der Waals surface area contributed by atoms with Crippen molar-refractivity contribution in [3.05, 3.63) is 32.6 Å². The summed E-state index contributed by atoms with van der Waals surface area (Å²) < 4.78 is 0. The van der Waals surface area contributed by atoms with Crippen LogP contribution in [0.15, 0.2) is 15.8 Å². The number of aromatic amines is 2. The van der Waals surface area contributed by atoms with Gasteiger partial charge in [-0.2, -0.15) is 5.26 Å². The number of H-pyrrole nitrogens is 2. The first kappa shape index (κ1) is 10.2. The lowest BCUT2D eigenvalue weighted by atomic mass is 10.1. The monoisotopic (exact) mass is 197 g/mol. The molecule has 0 bridgehead atoms. The SMILES string of the molecule is N#CC(O)C(O)c1c[nH]c(=O)[nH]c1=O. The Morgan fingerprint density at radius 2 is 2.07 bits per heavy atom. The van der Waals surface area contributed by atoms with Crippen LogP contribution in [0.3, 0.4) is 0 Å². The van der Waals surface area contributed by atoms with Gasteiger partial charge in [-0.05, 0) is 0 Å². The molecule has 1 heterocycles. The van der Waals surface area contributed by atoms with Crippen molar-refractivity contribution < 1.29 is 10.2 Å². The first-order valence-electron chi connectivity index (χ1n) is 3.64. The third-order valence-corrected chi connectivity index (χ3v) is 1.60. The second-order valence-electron chi connectivity index (χ2n) is 2.55. The van der Waals surface area contributed by atoms with E-state index in [0.29, 0.717) is 0 Å². The van der Waals surface area contributed by atoms with E-state index in [1.807, 2.05) is 4.98 Å². The largest absolute Gasteiger partial charge is 0.384 e. The highest BCUT2D eigenvalue weighted by molar-refractivity contribution is 5.12. The van der Waals surface area contributed by atoms with E-state index in [9.17, 15) is 14.7 Å². The molecule has 2 atom stereocenters. The fourth-order valence-corrected chi connectivity index (χ4v) is 0.881. The topological polar surface area (TPSA) is 130 Å². The predicted molar refractivity (Wildman–Crippen MR) is 44.3 cm³/mol. The van der Waals surface area contributed by atoms with E-state index in [1.165, 1.54) is 6.07 Å². The summed E-state index contributed by atoms with van der Waals surface area (Å²) in [4.78, 5) is 25.6. The van der Waals surface area contributed by atoms with E-state index in [-0.39, 0.29) is 5.56 Å². The van der Waals surface area contributed by atoms with Gasteiger partial charge < -0.3 is 15.2 Å². The summed E-state index contributed by atoms with van der Waals surface area (Å²) in [6.07, 6.45) is -2.39. The summed E-state index contributed by atoms with van der Waals surface area (Å²) >= 11 is 0. The minimum absolute atomic E-state index is 0.265. The van der Waals surface area contributed by atoms with Gasteiger partial charge in [-0.3, -0.25) is 9.78 Å². The Hall–Kier alpha value is -1.91. The quantitative estimate of drug-likeness (QED) is 0.406. The maximum atomic E-state index is 11.0. The van der Waals surface area contributed by atoms with Crippen LogP contribution in [0.25, 0.3) is 0 Å². The molecule has 1 aromatic heterocycles. The lowest BCUT2D eigenvalue weighted by Crippen LogP contribution is -2.29. The second-order valence-corrected chi connectivity index (χ2v) is 2.55. The van der Waals surface area contributed by atoms with Crippen LogP contribution < -0.4 is 11.2 Å². The van der Waals surface area contributed by atoms with Crippen molar-refractivity contribution in [2.24, 2.45) is 0 Å². The van der Waals surface area contributed by atoms with Gasteiger partial charge in [0.15, 0.2) is 6.10 Å². The summed E-state index contributed by atoms with van der Waals surface area (Å²) in [5.41, 5.74) is -1.83. The molecular formula is C7H7N3O4. The number of hydrogen-bond donors (Lipinski definition) is 4. The summed E-state index contributed by atoms with van der Waals surface area (Å²) in [5, 5.41) is 26.4. The molecule has 0 radical (unpaired) electrons. The first-order chi connectivity index (χ1) is 6.56. The smallest absolute Gasteiger partial charge is 0.325 e. The molecule has 0 saturated carbocycles. The van der Waals surface area contributed by atoms with Crippen LogP contribution >= 0.6 is 0 Å². The average molecular weight is 197 g/mol. The second kappa shape index (κ2) is 3.87. The van der Waals surface area contributed by atoms with E-state index in [4.69, 9.17) is 10.4 Å². The van der Waals surface area contributed by atoms with E-state index < -0.39 is 23.5 Å². The molecule has 0 saturated heterocycles. The number of aliphatic hydroxyl groups is 2. The van der Waals surface area contributed by atoms with Crippen LogP contribution in [-0.4, -0.2) is 26.3 Å². The molecule has 14 heavy (non-hydrogen) atoms. The van der Waals surface area contributed by atoms with Crippen molar-refractivity contribution in [3.63, 3.8) is 0 Å². The van der Waals surface area contributed by atoms with Gasteiger partial charge in [-0.25, -0.2) is 4.79 Å². The highest BCUT2D eigenvalue weighted by Gasteiger charge is 2.20. The van der Waals surface area contributed by atoms with Crippen LogP contribution in [-0.2, 0) is 0 Å². The van der Waals surface area contributed by atoms with Gasteiger partial charge in [0.25, 0.3) is 5.56 Å². The van der Waals surface area contributed by atoms with E-state index in [2.05, 4.69) is 4.98 Å². The molecule has 1 aromatic rings. The number of aromatic nitrogens is 2. The standard InChI is InChI=1S/C7H7N3O4/c8-1-4(11)5(12)3-2-9-7(14)10-6(3)13/h2,4-5,11-12H,(H2,9,10,13,14). The molecule has 0 aromatic carbocycles. The van der Waals surface area contributed by atoms with Crippen molar-refractivity contribution >= 4 is 0 Å². The zero-order chi connectivity index (χ0) is 10.7. The molecule has 7 nitrogen and oxygen atoms in total. The molecule has 0 amide bonds. The lowest BCUT2D eigenvalue weighted by Gasteiger charge is -2.09. The van der Waals surface area contributed by atoms with Crippen molar-refractivity contribution in [2.75, 3.05) is 0 Å². The Morgan fingerprint density at radius 1 is 1.43 bits per heavy atom. The molecule has 0 aliphatic rings. The highest BCUT2D eigenvalue weighted by atomic mass is 16.3. The van der Waals surface area contributed by atoms with Gasteiger partial charge in [0.1, 0.15) is 6.10 Å². The minimum atomic E-state index is -1.71. The van der Waals surface area contributed by atoms with Crippen molar-refractivity contribution in [1.82, 2.24) is 9.97 Å². The summed E-state index contributed by atoms with van der Waals surface area (Å²) in [7, 11) is 0. The zero-order valence-corrected chi connectivity index (χ0v) is 6.89. The van der Waals surface area contributed by atoms with Crippen molar-refractivity contribution in [3.8, 4) is 6.07 Å². The van der Waals surface area contributed by atoms with E-state index in [0.717, 1.165) is 6.20 Å². The fraction of sp³-hybridized carbons (Fsp3) is 0.286. The normalized spacial score (nSPS) is 14.4. The van der Waals surface area contributed by atoms with Gasteiger partial charge in [-0.1, -0.05) is 0 Å². The van der Waals surface area contributed by atoms with Gasteiger partial charge in [0.2, 0.25) is 0 Å². The summed E-state index contributed by atoms with van der Waals surface area (Å²) in [6.45, 7) is 0. The molecule has 0 aliphatic carbocycles. The molecule has 0 aliphatic heterocycles. The van der Waals surface area contributed by atoms with Gasteiger partial charge in [0.05, 0.1) is 11.6 Å². The van der Waals surface area contributed by atoms with Gasteiger partial charge in [-0.15, -0.1) is 0 Å². The number of nitrogens with one attached hydrogen (secondary N) is 2. The average Bonchev–Trinajstić information content (AvgIpc) is 2.15. The molecule has 0 fully saturated rings. The Bertz CT molecular complexity index is 469. The summed E-state index contributed by atoms with van der Waals surface area (Å²) in [5.74, 6) is 0. The van der Waals surface area contributed by atoms with Gasteiger partial charge in [0, 0.05) is 6.20 Å². The predicted octanol–water partition coefficient (Wildman–Crippen LogP) is -2.02. The van der Waals surface area contributed by atoms with Crippen LogP contribution in [0.5, 0.6) is 0 Å². The molecule has 4 N–H and O–H groups in total. The number of nitrogens with zero attached hydrogens (tertiary/aromatic N) is 1. The maximum absolute atomic E-state index is 11.0. The molecule has 74 valence electrons. The van der Waals surface area contributed by atoms with Crippen molar-refractivity contribution in [2.45, 2.75) is 12.2 Å². The number of hydrogen-bond acceptors (Lipinski definition) is 5. The Kier molecular flexibility index (Phi) is 2.81. The highest BCUT2D eigenvalue weighted by Crippen LogP contribution is 2.09. The first-order valence-corrected chi connectivity index (χ1v) is 3.64. The van der Waals surface area contributed by atoms with E-state index >= 15 is 0 Å². The Labute approximate surface area is 77.3 Å². The molecular weight excluding hydrogens is 190 g/mol. The number of nitriles is 1. The van der Waals surface area contributed by atoms with Crippen molar-refractivity contribution in [1.29, 1.82) is 5.26 Å². The summed E-state index contributed by atoms with van der Waals surface area (Å²) in [6, 6.07) is 1.37. The third kappa shape index (κ3) is 1.87. The number of rotatable bonds is 2. The van der Waals surface area contributed by atoms with Crippen LogP contribution in [0.4, 0.5) is 0 Å². The Morgan fingerprint density at radius 3 is 2.57 bits per heavy atom. The fourth-order valence-electron chi connectivity index (χ4n) is 0.881. The van der Waals surface area contributed by atoms with E-state index in [1.54, 1.807) is 0 Å². The zero-order valence-electron chi connectivity index (χ0n) is 6.89. The number of aliphatic hydroxyl groups excluding tert-OH is 2. The maximum Gasteiger partial charge on any atom is 0.325 e. The van der Waals surface area contributed by atoms with Crippen LogP contribution in [0, 0.1) is 11.3 Å². The van der Waals surface area contributed by atoms with Gasteiger partial charge >= 0.3 is 5.69 Å². The van der Waals surface area contributed by atoms with Crippen LogP contribution in [0.1, 0.15) is 11.7 Å². The molecule has 2 unspecified atom stereocenters. The molecule has 0 spiro atoms. The lowest BCUT2D eigenvalue weighted by molar-refractivity contribution is 0.0515. The molecule has 1 rings (SSSR count).